The van der Waals surface area contributed by atoms with Crippen LogP contribution in [0.1, 0.15) is 82.5 Å². The summed E-state index contributed by atoms with van der Waals surface area (Å²) >= 11 is 0. The van der Waals surface area contributed by atoms with Crippen LogP contribution < -0.4 is 5.32 Å². The zero-order chi connectivity index (χ0) is 24.4. The first kappa shape index (κ1) is 24.4. The van der Waals surface area contributed by atoms with Crippen LogP contribution in [0.4, 0.5) is 4.79 Å². The lowest BCUT2D eigenvalue weighted by Crippen LogP contribution is -2.43. The number of nitrogens with one attached hydrogen (secondary N) is 1. The summed E-state index contributed by atoms with van der Waals surface area (Å²) < 4.78 is 2.51. The van der Waals surface area contributed by atoms with E-state index >= 15 is 0 Å². The quantitative estimate of drug-likeness (QED) is 0.506. The number of rotatable bonds is 6. The Hall–Kier alpha value is -2.31. The van der Waals surface area contributed by atoms with Gasteiger partial charge >= 0.3 is 6.09 Å². The van der Waals surface area contributed by atoms with Crippen molar-refractivity contribution in [2.24, 2.45) is 0 Å². The number of amides is 1. The van der Waals surface area contributed by atoms with Gasteiger partial charge in [0, 0.05) is 48.3 Å². The van der Waals surface area contributed by atoms with Crippen molar-refractivity contribution < 1.29 is 9.90 Å². The molecule has 0 spiro atoms. The van der Waals surface area contributed by atoms with Gasteiger partial charge in [-0.2, -0.15) is 0 Å². The number of fused-ring (bicyclic) bond motifs is 1. The van der Waals surface area contributed by atoms with E-state index in [-0.39, 0.29) is 0 Å². The summed E-state index contributed by atoms with van der Waals surface area (Å²) in [4.78, 5) is 16.7. The average molecular weight is 479 g/mol. The molecule has 1 amide bonds. The molecule has 6 heteroatoms. The lowest BCUT2D eigenvalue weighted by Gasteiger charge is -2.41. The molecule has 0 radical (unpaired) electrons. The Bertz CT molecular complexity index is 1060. The van der Waals surface area contributed by atoms with Crippen molar-refractivity contribution in [1.29, 1.82) is 0 Å². The van der Waals surface area contributed by atoms with Gasteiger partial charge in [0.05, 0.1) is 6.54 Å². The van der Waals surface area contributed by atoms with E-state index in [4.69, 9.17) is 0 Å². The third-order valence-electron chi connectivity index (χ3n) is 8.76. The summed E-state index contributed by atoms with van der Waals surface area (Å²) in [5, 5.41) is 13.4. The zero-order valence-corrected chi connectivity index (χ0v) is 21.6. The third-order valence-corrected chi connectivity index (χ3v) is 8.76. The lowest BCUT2D eigenvalue weighted by molar-refractivity contribution is 0.116. The molecule has 0 unspecified atom stereocenters. The fraction of sp³-hybridized carbons (Fsp3) is 0.621. The highest BCUT2D eigenvalue weighted by atomic mass is 16.4. The van der Waals surface area contributed by atoms with Gasteiger partial charge in [-0.25, -0.2) is 4.79 Å². The maximum Gasteiger partial charge on any atom is 0.404 e. The second-order valence-electron chi connectivity index (χ2n) is 11.1. The number of hydrogen-bond donors (Lipinski definition) is 2. The molecule has 1 aromatic carbocycles. The van der Waals surface area contributed by atoms with Crippen LogP contribution in [-0.2, 0) is 13.1 Å². The second kappa shape index (κ2) is 10.8. The Balaban J connectivity index is 1.38. The Morgan fingerprint density at radius 1 is 0.971 bits per heavy atom. The first-order chi connectivity index (χ1) is 17.0. The number of aromatic nitrogens is 1. The highest BCUT2D eigenvalue weighted by Crippen LogP contribution is 2.37. The molecule has 3 aliphatic rings. The summed E-state index contributed by atoms with van der Waals surface area (Å²) in [5.74, 6) is 0. The van der Waals surface area contributed by atoms with Crippen LogP contribution in [0.25, 0.3) is 10.9 Å². The van der Waals surface area contributed by atoms with Gasteiger partial charge in [-0.15, -0.1) is 0 Å². The largest absolute Gasteiger partial charge is 0.465 e. The first-order valence-corrected chi connectivity index (χ1v) is 13.7. The number of piperidine rings is 1. The predicted octanol–water partition coefficient (Wildman–Crippen LogP) is 5.92. The molecule has 0 atom stereocenters. The molecular weight excluding hydrogens is 436 g/mol. The summed E-state index contributed by atoms with van der Waals surface area (Å²) in [6.07, 6.45) is 8.96. The van der Waals surface area contributed by atoms with Gasteiger partial charge in [0.15, 0.2) is 0 Å². The fourth-order valence-corrected chi connectivity index (χ4v) is 6.82. The van der Waals surface area contributed by atoms with E-state index in [2.05, 4.69) is 57.8 Å². The van der Waals surface area contributed by atoms with Gasteiger partial charge in [-0.3, -0.25) is 4.90 Å². The van der Waals surface area contributed by atoms with Crippen LogP contribution >= 0.6 is 0 Å². The molecule has 3 fully saturated rings. The molecule has 190 valence electrons. The maximum absolute atomic E-state index is 11.5. The Morgan fingerprint density at radius 2 is 1.66 bits per heavy atom. The smallest absolute Gasteiger partial charge is 0.404 e. The average Bonchev–Trinajstić information content (AvgIpc) is 3.49. The second-order valence-corrected chi connectivity index (χ2v) is 11.1. The molecule has 2 saturated heterocycles. The van der Waals surface area contributed by atoms with Gasteiger partial charge in [0.2, 0.25) is 0 Å². The topological polar surface area (TPSA) is 60.7 Å². The molecule has 2 aromatic rings. The Kier molecular flexibility index (Phi) is 7.49. The number of para-hydroxylation sites is 1. The number of carbonyl (C=O) groups is 1. The van der Waals surface area contributed by atoms with Crippen molar-refractivity contribution in [2.45, 2.75) is 90.4 Å². The molecule has 3 heterocycles. The molecule has 2 N–H and O–H groups in total. The summed E-state index contributed by atoms with van der Waals surface area (Å²) in [6, 6.07) is 9.87. The van der Waals surface area contributed by atoms with Crippen molar-refractivity contribution in [3.05, 3.63) is 46.7 Å². The van der Waals surface area contributed by atoms with Crippen LogP contribution in [-0.4, -0.2) is 57.8 Å². The molecule has 0 bridgehead atoms. The molecule has 1 aromatic heterocycles. The normalized spacial score (nSPS) is 22.7. The molecule has 35 heavy (non-hydrogen) atoms. The molecule has 1 aliphatic carbocycles. The van der Waals surface area contributed by atoms with Crippen molar-refractivity contribution in [3.8, 4) is 0 Å². The van der Waals surface area contributed by atoms with Crippen molar-refractivity contribution in [1.82, 2.24) is 19.7 Å². The predicted molar refractivity (Wildman–Crippen MR) is 142 cm³/mol. The fourth-order valence-electron chi connectivity index (χ4n) is 6.82. The SMILES string of the molecule is CC(C)=C1CCC(N2CCC(n3c(CNC(=O)O)c(CN4CCCC4)c4ccccc43)CC2)CC1. The van der Waals surface area contributed by atoms with E-state index in [0.29, 0.717) is 12.6 Å². The van der Waals surface area contributed by atoms with Crippen LogP contribution in [0.3, 0.4) is 0 Å². The van der Waals surface area contributed by atoms with Gasteiger partial charge < -0.3 is 19.9 Å². The molecule has 1 saturated carbocycles. The highest BCUT2D eigenvalue weighted by Gasteiger charge is 2.31. The van der Waals surface area contributed by atoms with Gasteiger partial charge in [-0.1, -0.05) is 29.3 Å². The summed E-state index contributed by atoms with van der Waals surface area (Å²) in [7, 11) is 0. The van der Waals surface area contributed by atoms with E-state index in [1.54, 1.807) is 5.57 Å². The number of carboxylic acid groups (broad SMARTS) is 1. The minimum absolute atomic E-state index is 0.376. The minimum Gasteiger partial charge on any atom is -0.465 e. The lowest BCUT2D eigenvalue weighted by atomic mass is 9.86. The minimum atomic E-state index is -0.947. The van der Waals surface area contributed by atoms with Crippen LogP contribution in [0, 0.1) is 0 Å². The van der Waals surface area contributed by atoms with Crippen LogP contribution in [0.2, 0.25) is 0 Å². The number of allylic oxidation sites excluding steroid dienone is 2. The number of hydrogen-bond acceptors (Lipinski definition) is 3. The standard InChI is InChI=1S/C29H42N4O2/c1-21(2)22-9-11-23(12-10-22)32-17-13-24(14-18-32)33-27-8-4-3-7-25(27)26(20-31-15-5-6-16-31)28(33)19-30-29(34)35/h3-4,7-8,23-24,30H,5-6,9-20H2,1-2H3,(H,34,35). The summed E-state index contributed by atoms with van der Waals surface area (Å²) in [5.41, 5.74) is 6.96. The number of likely N-dealkylation sites (tertiary alicyclic amines) is 2. The zero-order valence-electron chi connectivity index (χ0n) is 21.6. The Labute approximate surface area is 210 Å². The van der Waals surface area contributed by atoms with Crippen molar-refractivity contribution >= 4 is 17.0 Å². The maximum atomic E-state index is 11.5. The van der Waals surface area contributed by atoms with E-state index in [1.165, 1.54) is 66.3 Å². The monoisotopic (exact) mass is 478 g/mol. The van der Waals surface area contributed by atoms with E-state index in [9.17, 15) is 9.90 Å². The van der Waals surface area contributed by atoms with Crippen LogP contribution in [0.15, 0.2) is 35.4 Å². The van der Waals surface area contributed by atoms with Gasteiger partial charge in [0.1, 0.15) is 0 Å². The summed E-state index contributed by atoms with van der Waals surface area (Å²) in [6.45, 7) is 10.4. The molecule has 2 aliphatic heterocycles. The van der Waals surface area contributed by atoms with Crippen molar-refractivity contribution in [2.75, 3.05) is 26.2 Å². The van der Waals surface area contributed by atoms with Gasteiger partial charge in [0.25, 0.3) is 0 Å². The van der Waals surface area contributed by atoms with Gasteiger partial charge in [-0.05, 0) is 89.9 Å². The number of nitrogens with zero attached hydrogens (tertiary/aromatic N) is 3. The number of benzene rings is 1. The van der Waals surface area contributed by atoms with E-state index in [1.807, 2.05) is 0 Å². The van der Waals surface area contributed by atoms with Crippen molar-refractivity contribution in [3.63, 3.8) is 0 Å². The van der Waals surface area contributed by atoms with E-state index in [0.717, 1.165) is 51.6 Å². The van der Waals surface area contributed by atoms with Crippen LogP contribution in [0.5, 0.6) is 0 Å². The Morgan fingerprint density at radius 3 is 2.31 bits per heavy atom. The first-order valence-electron chi connectivity index (χ1n) is 13.7. The molecule has 6 nitrogen and oxygen atoms in total. The highest BCUT2D eigenvalue weighted by molar-refractivity contribution is 5.86. The van der Waals surface area contributed by atoms with E-state index < -0.39 is 6.09 Å². The molecule has 5 rings (SSSR count). The molecular formula is C29H42N4O2. The third kappa shape index (κ3) is 5.29.